The third-order valence-electron chi connectivity index (χ3n) is 5.67. The fourth-order valence-corrected chi connectivity index (χ4v) is 3.93. The molecule has 0 saturated heterocycles. The average molecular weight is 426 g/mol. The number of furan rings is 6. The van der Waals surface area contributed by atoms with Crippen LogP contribution in [0.3, 0.4) is 0 Å². The van der Waals surface area contributed by atoms with Crippen molar-refractivity contribution in [1.82, 2.24) is 0 Å². The van der Waals surface area contributed by atoms with Gasteiger partial charge < -0.3 is 26.5 Å². The molecular formula is C26H18O6. The van der Waals surface area contributed by atoms with Gasteiger partial charge in [-0.05, 0) is 55.8 Å². The van der Waals surface area contributed by atoms with E-state index in [0.717, 1.165) is 33.4 Å². The topological polar surface area (TPSA) is 78.8 Å². The Bertz CT molecular complexity index is 1490. The van der Waals surface area contributed by atoms with Crippen molar-refractivity contribution in [2.45, 2.75) is 13.8 Å². The average Bonchev–Trinajstić information content (AvgIpc) is 3.62. The van der Waals surface area contributed by atoms with Crippen LogP contribution in [0.4, 0.5) is 0 Å². The first-order valence-corrected chi connectivity index (χ1v) is 10.1. The van der Waals surface area contributed by atoms with Gasteiger partial charge in [-0.1, -0.05) is 0 Å². The van der Waals surface area contributed by atoms with Crippen molar-refractivity contribution in [2.75, 3.05) is 0 Å². The van der Waals surface area contributed by atoms with Crippen LogP contribution in [0.25, 0.3) is 56.8 Å². The highest BCUT2D eigenvalue weighted by atomic mass is 16.4. The first kappa shape index (κ1) is 18.4. The van der Waals surface area contributed by atoms with Gasteiger partial charge in [0.15, 0.2) is 11.5 Å². The molecule has 6 nitrogen and oxygen atoms in total. The minimum absolute atomic E-state index is 0.606. The number of hydrogen-bond donors (Lipinski definition) is 0. The van der Waals surface area contributed by atoms with E-state index >= 15 is 0 Å². The standard InChI is InChI=1S/C26H18O6/c1-15-14-32-22(16(15)2)26-20(8-13-31-26)25-19(7-12-30-25)24-18(6-11-29-24)23-17(5-10-28-23)21-4-3-9-27-21/h3-14H,1-2H3. The quantitative estimate of drug-likeness (QED) is 0.276. The molecule has 0 fully saturated rings. The molecule has 0 aromatic carbocycles. The van der Waals surface area contributed by atoms with Crippen LogP contribution in [0.15, 0.2) is 100 Å². The van der Waals surface area contributed by atoms with E-state index in [9.17, 15) is 0 Å². The Morgan fingerprint density at radius 1 is 0.469 bits per heavy atom. The van der Waals surface area contributed by atoms with E-state index in [0.29, 0.717) is 34.6 Å². The van der Waals surface area contributed by atoms with Crippen molar-refractivity contribution in [3.63, 3.8) is 0 Å². The highest BCUT2D eigenvalue weighted by Gasteiger charge is 2.26. The zero-order chi connectivity index (χ0) is 21.7. The Hall–Kier alpha value is -4.32. The Balaban J connectivity index is 1.48. The molecule has 158 valence electrons. The predicted molar refractivity (Wildman–Crippen MR) is 117 cm³/mol. The summed E-state index contributed by atoms with van der Waals surface area (Å²) in [6, 6.07) is 11.2. The van der Waals surface area contributed by atoms with E-state index < -0.39 is 0 Å². The molecule has 6 heteroatoms. The smallest absolute Gasteiger partial charge is 0.180 e. The minimum atomic E-state index is 0.606. The monoisotopic (exact) mass is 426 g/mol. The molecule has 0 aliphatic rings. The maximum absolute atomic E-state index is 5.91. The Kier molecular flexibility index (Phi) is 4.11. The SMILES string of the molecule is Cc1coc(-c2occc2-c2occc2-c2occc2-c2occc2-c2ccco2)c1C. The summed E-state index contributed by atoms with van der Waals surface area (Å²) in [5.74, 6) is 3.89. The van der Waals surface area contributed by atoms with Crippen LogP contribution in [0.2, 0.25) is 0 Å². The molecule has 0 bridgehead atoms. The van der Waals surface area contributed by atoms with E-state index in [2.05, 4.69) is 0 Å². The van der Waals surface area contributed by atoms with E-state index in [1.54, 1.807) is 37.6 Å². The summed E-state index contributed by atoms with van der Waals surface area (Å²) in [5.41, 5.74) is 5.25. The number of aryl methyl sites for hydroxylation is 1. The molecule has 0 N–H and O–H groups in total. The summed E-state index contributed by atoms with van der Waals surface area (Å²) in [6.07, 6.45) is 9.87. The van der Waals surface area contributed by atoms with E-state index in [-0.39, 0.29) is 0 Å². The van der Waals surface area contributed by atoms with Gasteiger partial charge in [0, 0.05) is 5.56 Å². The van der Waals surface area contributed by atoms with Gasteiger partial charge in [0.2, 0.25) is 0 Å². The van der Waals surface area contributed by atoms with Crippen LogP contribution >= 0.6 is 0 Å². The zero-order valence-electron chi connectivity index (χ0n) is 17.4. The molecule has 6 aromatic rings. The Labute approximate surface area is 182 Å². The number of rotatable bonds is 5. The molecular weight excluding hydrogens is 408 g/mol. The largest absolute Gasteiger partial charge is 0.464 e. The van der Waals surface area contributed by atoms with Gasteiger partial charge in [-0.2, -0.15) is 0 Å². The Morgan fingerprint density at radius 3 is 1.53 bits per heavy atom. The van der Waals surface area contributed by atoms with E-state index in [1.165, 1.54) is 0 Å². The lowest BCUT2D eigenvalue weighted by atomic mass is 10.0. The van der Waals surface area contributed by atoms with Crippen molar-refractivity contribution in [2.24, 2.45) is 0 Å². The maximum Gasteiger partial charge on any atom is 0.180 e. The maximum atomic E-state index is 5.91. The molecule has 0 aliphatic heterocycles. The van der Waals surface area contributed by atoms with Crippen molar-refractivity contribution in [3.8, 4) is 56.8 Å². The second kappa shape index (κ2) is 7.13. The molecule has 6 heterocycles. The molecule has 0 radical (unpaired) electrons. The van der Waals surface area contributed by atoms with Gasteiger partial charge in [0.05, 0.1) is 59.8 Å². The highest BCUT2D eigenvalue weighted by Crippen LogP contribution is 2.45. The fraction of sp³-hybridized carbons (Fsp3) is 0.0769. The third-order valence-corrected chi connectivity index (χ3v) is 5.67. The highest BCUT2D eigenvalue weighted by molar-refractivity contribution is 5.91. The van der Waals surface area contributed by atoms with Crippen molar-refractivity contribution >= 4 is 0 Å². The summed E-state index contributed by atoms with van der Waals surface area (Å²) < 4.78 is 34.8. The van der Waals surface area contributed by atoms with Crippen LogP contribution < -0.4 is 0 Å². The molecule has 0 amide bonds. The number of hydrogen-bond acceptors (Lipinski definition) is 6. The van der Waals surface area contributed by atoms with E-state index in [4.69, 9.17) is 26.5 Å². The summed E-state index contributed by atoms with van der Waals surface area (Å²) in [5, 5.41) is 0. The lowest BCUT2D eigenvalue weighted by Gasteiger charge is -2.04. The molecule has 0 aliphatic carbocycles. The van der Waals surface area contributed by atoms with Gasteiger partial charge in [-0.15, -0.1) is 0 Å². The van der Waals surface area contributed by atoms with Crippen molar-refractivity contribution in [3.05, 3.63) is 85.1 Å². The van der Waals surface area contributed by atoms with Gasteiger partial charge >= 0.3 is 0 Å². The van der Waals surface area contributed by atoms with Crippen LogP contribution in [-0.2, 0) is 0 Å². The molecule has 0 spiro atoms. The Morgan fingerprint density at radius 2 is 1.00 bits per heavy atom. The predicted octanol–water partition coefficient (Wildman–Crippen LogP) is 8.20. The van der Waals surface area contributed by atoms with Gasteiger partial charge in [-0.3, -0.25) is 0 Å². The third kappa shape index (κ3) is 2.73. The first-order valence-electron chi connectivity index (χ1n) is 10.1. The summed E-state index contributed by atoms with van der Waals surface area (Å²) >= 11 is 0. The second-order valence-electron chi connectivity index (χ2n) is 7.50. The molecule has 0 saturated carbocycles. The van der Waals surface area contributed by atoms with E-state index in [1.807, 2.05) is 50.2 Å². The normalized spacial score (nSPS) is 11.4. The van der Waals surface area contributed by atoms with Gasteiger partial charge in [0.25, 0.3) is 0 Å². The summed E-state index contributed by atoms with van der Waals surface area (Å²) in [6.45, 7) is 4.00. The molecule has 32 heavy (non-hydrogen) atoms. The molecule has 0 atom stereocenters. The molecule has 6 aromatic heterocycles. The van der Waals surface area contributed by atoms with Gasteiger partial charge in [0.1, 0.15) is 23.0 Å². The van der Waals surface area contributed by atoms with Crippen molar-refractivity contribution < 1.29 is 26.5 Å². The van der Waals surface area contributed by atoms with Crippen LogP contribution in [0, 0.1) is 13.8 Å². The zero-order valence-corrected chi connectivity index (χ0v) is 17.4. The van der Waals surface area contributed by atoms with Gasteiger partial charge in [-0.25, -0.2) is 0 Å². The lowest BCUT2D eigenvalue weighted by Crippen LogP contribution is -1.84. The van der Waals surface area contributed by atoms with Crippen molar-refractivity contribution in [1.29, 1.82) is 0 Å². The van der Waals surface area contributed by atoms with Crippen LogP contribution in [0.1, 0.15) is 11.1 Å². The lowest BCUT2D eigenvalue weighted by molar-refractivity contribution is 0.521. The van der Waals surface area contributed by atoms with Crippen LogP contribution in [-0.4, -0.2) is 0 Å². The molecule has 0 unspecified atom stereocenters. The first-order chi connectivity index (χ1) is 15.7. The fourth-order valence-electron chi connectivity index (χ4n) is 3.93. The minimum Gasteiger partial charge on any atom is -0.464 e. The summed E-state index contributed by atoms with van der Waals surface area (Å²) in [7, 11) is 0. The van der Waals surface area contributed by atoms with Crippen LogP contribution in [0.5, 0.6) is 0 Å². The second-order valence-corrected chi connectivity index (χ2v) is 7.50. The molecule has 6 rings (SSSR count). The summed E-state index contributed by atoms with van der Waals surface area (Å²) in [4.78, 5) is 0.